The molecule has 1 saturated carbocycles. The molecule has 1 aromatic carbocycles. The van der Waals surface area contributed by atoms with Gasteiger partial charge in [-0.1, -0.05) is 31.7 Å². The molecule has 0 heterocycles. The quantitative estimate of drug-likeness (QED) is 0.824. The van der Waals surface area contributed by atoms with Crippen LogP contribution >= 0.6 is 0 Å². The van der Waals surface area contributed by atoms with E-state index in [1.807, 2.05) is 26.0 Å². The summed E-state index contributed by atoms with van der Waals surface area (Å²) in [5.74, 6) is 0.0549. The maximum absolute atomic E-state index is 12.0. The van der Waals surface area contributed by atoms with Gasteiger partial charge in [-0.3, -0.25) is 4.79 Å². The van der Waals surface area contributed by atoms with E-state index in [-0.39, 0.29) is 5.91 Å². The van der Waals surface area contributed by atoms with Crippen molar-refractivity contribution in [1.29, 1.82) is 0 Å². The molecular weight excluding hydrogens is 248 g/mol. The molecule has 2 N–H and O–H groups in total. The Labute approximate surface area is 122 Å². The van der Waals surface area contributed by atoms with Gasteiger partial charge in [0.2, 0.25) is 5.91 Å². The summed E-state index contributed by atoms with van der Waals surface area (Å²) in [5.41, 5.74) is 3.25. The van der Waals surface area contributed by atoms with E-state index < -0.39 is 0 Å². The summed E-state index contributed by atoms with van der Waals surface area (Å²) >= 11 is 0. The fourth-order valence-electron chi connectivity index (χ4n) is 2.97. The van der Waals surface area contributed by atoms with Crippen LogP contribution < -0.4 is 10.6 Å². The summed E-state index contributed by atoms with van der Waals surface area (Å²) in [4.78, 5) is 12.0. The predicted molar refractivity (Wildman–Crippen MR) is 84.0 cm³/mol. The van der Waals surface area contributed by atoms with Crippen molar-refractivity contribution in [1.82, 2.24) is 5.32 Å². The van der Waals surface area contributed by atoms with Crippen LogP contribution in [-0.4, -0.2) is 18.5 Å². The SMILES string of the molecule is Cc1cc(C)cc(NC(=O)CNC2CCCCCC2)c1. The van der Waals surface area contributed by atoms with Gasteiger partial charge in [0.25, 0.3) is 0 Å². The van der Waals surface area contributed by atoms with E-state index in [1.165, 1.54) is 49.7 Å². The van der Waals surface area contributed by atoms with Crippen LogP contribution in [0.2, 0.25) is 0 Å². The van der Waals surface area contributed by atoms with Crippen molar-refractivity contribution in [2.45, 2.75) is 58.4 Å². The van der Waals surface area contributed by atoms with Gasteiger partial charge in [0, 0.05) is 11.7 Å². The van der Waals surface area contributed by atoms with E-state index in [1.54, 1.807) is 0 Å². The zero-order valence-electron chi connectivity index (χ0n) is 12.7. The average molecular weight is 274 g/mol. The van der Waals surface area contributed by atoms with Crippen LogP contribution in [0.15, 0.2) is 18.2 Å². The second-order valence-electron chi connectivity index (χ2n) is 5.99. The third-order valence-electron chi connectivity index (χ3n) is 3.91. The van der Waals surface area contributed by atoms with Crippen molar-refractivity contribution in [3.63, 3.8) is 0 Å². The van der Waals surface area contributed by atoms with Crippen LogP contribution in [0.3, 0.4) is 0 Å². The van der Waals surface area contributed by atoms with Gasteiger partial charge < -0.3 is 10.6 Å². The molecule has 0 aromatic heterocycles. The molecule has 20 heavy (non-hydrogen) atoms. The largest absolute Gasteiger partial charge is 0.325 e. The molecular formula is C17H26N2O. The van der Waals surface area contributed by atoms with Crippen LogP contribution in [0.25, 0.3) is 0 Å². The van der Waals surface area contributed by atoms with E-state index in [4.69, 9.17) is 0 Å². The highest BCUT2D eigenvalue weighted by Gasteiger charge is 2.13. The fourth-order valence-corrected chi connectivity index (χ4v) is 2.97. The lowest BCUT2D eigenvalue weighted by Gasteiger charge is -2.16. The third kappa shape index (κ3) is 4.97. The number of rotatable bonds is 4. The van der Waals surface area contributed by atoms with Crippen molar-refractivity contribution in [3.8, 4) is 0 Å². The molecule has 0 spiro atoms. The van der Waals surface area contributed by atoms with Gasteiger partial charge in [-0.05, 0) is 49.9 Å². The Hall–Kier alpha value is -1.35. The molecule has 0 saturated heterocycles. The number of benzene rings is 1. The normalized spacial score (nSPS) is 16.7. The molecule has 0 bridgehead atoms. The monoisotopic (exact) mass is 274 g/mol. The van der Waals surface area contributed by atoms with Gasteiger partial charge in [0.05, 0.1) is 6.54 Å². The van der Waals surface area contributed by atoms with Crippen molar-refractivity contribution in [3.05, 3.63) is 29.3 Å². The number of carbonyl (C=O) groups is 1. The van der Waals surface area contributed by atoms with Crippen molar-refractivity contribution < 1.29 is 4.79 Å². The summed E-state index contributed by atoms with van der Waals surface area (Å²) in [6.45, 7) is 4.51. The fraction of sp³-hybridized carbons (Fsp3) is 0.588. The molecule has 1 fully saturated rings. The lowest BCUT2D eigenvalue weighted by Crippen LogP contribution is -2.35. The highest BCUT2D eigenvalue weighted by Crippen LogP contribution is 2.17. The molecule has 1 aromatic rings. The number of anilines is 1. The lowest BCUT2D eigenvalue weighted by molar-refractivity contribution is -0.115. The minimum absolute atomic E-state index is 0.0549. The molecule has 1 aliphatic carbocycles. The Morgan fingerprint density at radius 3 is 2.25 bits per heavy atom. The molecule has 0 radical (unpaired) electrons. The maximum atomic E-state index is 12.0. The molecule has 0 atom stereocenters. The van der Waals surface area contributed by atoms with Crippen molar-refractivity contribution >= 4 is 11.6 Å². The van der Waals surface area contributed by atoms with Gasteiger partial charge in [-0.2, -0.15) is 0 Å². The zero-order chi connectivity index (χ0) is 14.4. The van der Waals surface area contributed by atoms with Gasteiger partial charge in [0.1, 0.15) is 0 Å². The van der Waals surface area contributed by atoms with Crippen LogP contribution in [0.1, 0.15) is 49.7 Å². The lowest BCUT2D eigenvalue weighted by atomic mass is 10.1. The molecule has 2 rings (SSSR count). The predicted octanol–water partition coefficient (Wildman–Crippen LogP) is 3.55. The number of nitrogens with one attached hydrogen (secondary N) is 2. The van der Waals surface area contributed by atoms with Crippen LogP contribution in [0.5, 0.6) is 0 Å². The number of carbonyl (C=O) groups excluding carboxylic acids is 1. The van der Waals surface area contributed by atoms with Gasteiger partial charge >= 0.3 is 0 Å². The van der Waals surface area contributed by atoms with E-state index >= 15 is 0 Å². The Bertz CT molecular complexity index is 428. The molecule has 1 aliphatic rings. The zero-order valence-corrected chi connectivity index (χ0v) is 12.7. The van der Waals surface area contributed by atoms with E-state index in [0.29, 0.717) is 12.6 Å². The average Bonchev–Trinajstić information content (AvgIpc) is 2.63. The van der Waals surface area contributed by atoms with Gasteiger partial charge in [-0.25, -0.2) is 0 Å². The number of hydrogen-bond acceptors (Lipinski definition) is 2. The maximum Gasteiger partial charge on any atom is 0.238 e. The first-order valence-corrected chi connectivity index (χ1v) is 7.75. The van der Waals surface area contributed by atoms with Crippen LogP contribution in [0, 0.1) is 13.8 Å². The van der Waals surface area contributed by atoms with Crippen molar-refractivity contribution in [2.75, 3.05) is 11.9 Å². The van der Waals surface area contributed by atoms with Gasteiger partial charge in [0.15, 0.2) is 0 Å². The smallest absolute Gasteiger partial charge is 0.238 e. The molecule has 3 nitrogen and oxygen atoms in total. The number of amides is 1. The first kappa shape index (κ1) is 15.0. The van der Waals surface area contributed by atoms with E-state index in [2.05, 4.69) is 16.7 Å². The highest BCUT2D eigenvalue weighted by atomic mass is 16.1. The highest BCUT2D eigenvalue weighted by molar-refractivity contribution is 5.92. The standard InChI is InChI=1S/C17H26N2O/c1-13-9-14(2)11-16(10-13)19-17(20)12-18-15-7-5-3-4-6-8-15/h9-11,15,18H,3-8,12H2,1-2H3,(H,19,20). The Balaban J connectivity index is 1.79. The minimum atomic E-state index is 0.0549. The van der Waals surface area contributed by atoms with Crippen LogP contribution in [0.4, 0.5) is 5.69 Å². The first-order valence-electron chi connectivity index (χ1n) is 7.75. The number of aryl methyl sites for hydroxylation is 2. The third-order valence-corrected chi connectivity index (χ3v) is 3.91. The van der Waals surface area contributed by atoms with E-state index in [0.717, 1.165) is 5.69 Å². The second-order valence-corrected chi connectivity index (χ2v) is 5.99. The molecule has 110 valence electrons. The van der Waals surface area contributed by atoms with E-state index in [9.17, 15) is 4.79 Å². The molecule has 0 unspecified atom stereocenters. The summed E-state index contributed by atoms with van der Waals surface area (Å²) in [6.07, 6.45) is 7.67. The molecule has 3 heteroatoms. The summed E-state index contributed by atoms with van der Waals surface area (Å²) < 4.78 is 0. The summed E-state index contributed by atoms with van der Waals surface area (Å²) in [6, 6.07) is 6.65. The summed E-state index contributed by atoms with van der Waals surface area (Å²) in [5, 5.41) is 6.38. The number of hydrogen-bond donors (Lipinski definition) is 2. The van der Waals surface area contributed by atoms with Crippen LogP contribution in [-0.2, 0) is 4.79 Å². The Kier molecular flexibility index (Phi) is 5.60. The molecule has 0 aliphatic heterocycles. The first-order chi connectivity index (χ1) is 9.63. The molecule has 1 amide bonds. The summed E-state index contributed by atoms with van der Waals surface area (Å²) in [7, 11) is 0. The Morgan fingerprint density at radius 2 is 1.65 bits per heavy atom. The second kappa shape index (κ2) is 7.44. The van der Waals surface area contributed by atoms with Gasteiger partial charge in [-0.15, -0.1) is 0 Å². The Morgan fingerprint density at radius 1 is 1.05 bits per heavy atom. The minimum Gasteiger partial charge on any atom is -0.325 e. The topological polar surface area (TPSA) is 41.1 Å². The van der Waals surface area contributed by atoms with Crippen molar-refractivity contribution in [2.24, 2.45) is 0 Å².